The first kappa shape index (κ1) is 15.1. The van der Waals surface area contributed by atoms with Crippen molar-refractivity contribution in [1.82, 2.24) is 0 Å². The molecule has 0 aliphatic carbocycles. The van der Waals surface area contributed by atoms with Crippen LogP contribution in [0.2, 0.25) is 0 Å². The normalized spacial score (nSPS) is 11.0. The highest BCUT2D eigenvalue weighted by Gasteiger charge is 2.17. The largest absolute Gasteiger partial charge is 0.493 e. The molecule has 1 amide bonds. The Labute approximate surface area is 114 Å². The van der Waals surface area contributed by atoms with E-state index in [1.807, 2.05) is 20.8 Å². The Hall–Kier alpha value is -1.91. The van der Waals surface area contributed by atoms with E-state index in [1.54, 1.807) is 12.1 Å². The van der Waals surface area contributed by atoms with Gasteiger partial charge in [-0.25, -0.2) is 0 Å². The van der Waals surface area contributed by atoms with Gasteiger partial charge in [0.1, 0.15) is 0 Å². The number of carbonyl (C=O) groups is 1. The molecule has 0 fully saturated rings. The van der Waals surface area contributed by atoms with Crippen molar-refractivity contribution in [3.05, 3.63) is 12.1 Å². The van der Waals surface area contributed by atoms with Gasteiger partial charge < -0.3 is 20.5 Å². The van der Waals surface area contributed by atoms with E-state index in [0.717, 1.165) is 0 Å². The van der Waals surface area contributed by atoms with Gasteiger partial charge in [-0.3, -0.25) is 4.79 Å². The van der Waals surface area contributed by atoms with Gasteiger partial charge in [0.25, 0.3) is 0 Å². The predicted octanol–water partition coefficient (Wildman–Crippen LogP) is 2.66. The second kappa shape index (κ2) is 5.82. The van der Waals surface area contributed by atoms with Crippen molar-refractivity contribution < 1.29 is 14.3 Å². The van der Waals surface area contributed by atoms with Crippen molar-refractivity contribution in [3.8, 4) is 11.5 Å². The van der Waals surface area contributed by atoms with Crippen molar-refractivity contribution in [2.45, 2.75) is 27.2 Å². The van der Waals surface area contributed by atoms with E-state index in [0.29, 0.717) is 29.3 Å². The van der Waals surface area contributed by atoms with Crippen LogP contribution in [0.1, 0.15) is 27.2 Å². The molecule has 1 aromatic rings. The van der Waals surface area contributed by atoms with Crippen LogP contribution in [0.4, 0.5) is 11.4 Å². The van der Waals surface area contributed by atoms with Crippen LogP contribution in [0.15, 0.2) is 12.1 Å². The fraction of sp³-hybridized carbons (Fsp3) is 0.500. The van der Waals surface area contributed by atoms with Gasteiger partial charge in [0.2, 0.25) is 5.91 Å². The van der Waals surface area contributed by atoms with Crippen molar-refractivity contribution in [2.24, 2.45) is 5.41 Å². The minimum absolute atomic E-state index is 0.0740. The molecule has 0 bridgehead atoms. The highest BCUT2D eigenvalue weighted by Crippen LogP contribution is 2.35. The number of hydrogen-bond acceptors (Lipinski definition) is 4. The lowest BCUT2D eigenvalue weighted by atomic mass is 9.92. The van der Waals surface area contributed by atoms with Crippen LogP contribution in [-0.2, 0) is 4.79 Å². The van der Waals surface area contributed by atoms with Gasteiger partial charge in [-0.15, -0.1) is 0 Å². The summed E-state index contributed by atoms with van der Waals surface area (Å²) in [5, 5.41) is 2.79. The van der Waals surface area contributed by atoms with Crippen LogP contribution >= 0.6 is 0 Å². The van der Waals surface area contributed by atoms with Crippen molar-refractivity contribution in [2.75, 3.05) is 25.3 Å². The first-order valence-electron chi connectivity index (χ1n) is 6.08. The second-order valence-electron chi connectivity index (χ2n) is 5.58. The Bertz CT molecular complexity index is 464. The van der Waals surface area contributed by atoms with E-state index in [9.17, 15) is 4.79 Å². The zero-order valence-corrected chi connectivity index (χ0v) is 12.2. The van der Waals surface area contributed by atoms with Crippen LogP contribution in [-0.4, -0.2) is 20.1 Å². The number of carbonyl (C=O) groups excluding carboxylic acids is 1. The molecule has 0 unspecified atom stereocenters. The second-order valence-corrected chi connectivity index (χ2v) is 5.58. The first-order valence-corrected chi connectivity index (χ1v) is 6.08. The summed E-state index contributed by atoms with van der Waals surface area (Å²) >= 11 is 0. The Morgan fingerprint density at radius 1 is 1.21 bits per heavy atom. The molecule has 0 radical (unpaired) electrons. The molecule has 1 aromatic carbocycles. The summed E-state index contributed by atoms with van der Waals surface area (Å²) in [6, 6.07) is 3.29. The number of nitrogens with two attached hydrogens (primary N) is 1. The number of benzene rings is 1. The number of hydrogen-bond donors (Lipinski definition) is 2. The number of amides is 1. The average Bonchev–Trinajstić information content (AvgIpc) is 2.28. The highest BCUT2D eigenvalue weighted by molar-refractivity contribution is 5.94. The van der Waals surface area contributed by atoms with Gasteiger partial charge in [-0.1, -0.05) is 20.8 Å². The quantitative estimate of drug-likeness (QED) is 0.822. The minimum atomic E-state index is -0.0774. The molecule has 0 heterocycles. The SMILES string of the molecule is COc1cc(N)c(NC(=O)CC(C)(C)C)cc1OC. The van der Waals surface area contributed by atoms with E-state index in [-0.39, 0.29) is 11.3 Å². The van der Waals surface area contributed by atoms with E-state index in [2.05, 4.69) is 5.32 Å². The van der Waals surface area contributed by atoms with Crippen LogP contribution in [0, 0.1) is 5.41 Å². The standard InChI is InChI=1S/C14H22N2O3/c1-14(2,3)8-13(17)16-10-7-12(19-5)11(18-4)6-9(10)15/h6-7H,8,15H2,1-5H3,(H,16,17). The number of nitrogens with one attached hydrogen (secondary N) is 1. The fourth-order valence-electron chi connectivity index (χ4n) is 1.68. The molecular formula is C14H22N2O3. The highest BCUT2D eigenvalue weighted by atomic mass is 16.5. The lowest BCUT2D eigenvalue weighted by molar-refractivity contribution is -0.117. The predicted molar refractivity (Wildman–Crippen MR) is 76.7 cm³/mol. The van der Waals surface area contributed by atoms with Crippen molar-refractivity contribution in [1.29, 1.82) is 0 Å². The number of anilines is 2. The molecule has 0 spiro atoms. The number of methoxy groups -OCH3 is 2. The fourth-order valence-corrected chi connectivity index (χ4v) is 1.68. The number of ether oxygens (including phenoxy) is 2. The van der Waals surface area contributed by atoms with Gasteiger partial charge in [-0.2, -0.15) is 0 Å². The maximum atomic E-state index is 11.9. The molecule has 0 aromatic heterocycles. The maximum Gasteiger partial charge on any atom is 0.224 e. The molecule has 0 aliphatic heterocycles. The van der Waals surface area contributed by atoms with Gasteiger partial charge in [0.15, 0.2) is 11.5 Å². The topological polar surface area (TPSA) is 73.6 Å². The lowest BCUT2D eigenvalue weighted by Crippen LogP contribution is -2.20. The summed E-state index contributed by atoms with van der Waals surface area (Å²) in [4.78, 5) is 11.9. The summed E-state index contributed by atoms with van der Waals surface area (Å²) < 4.78 is 10.3. The summed E-state index contributed by atoms with van der Waals surface area (Å²) in [6.45, 7) is 6.01. The van der Waals surface area contributed by atoms with Crippen LogP contribution < -0.4 is 20.5 Å². The molecule has 5 heteroatoms. The molecule has 0 aliphatic rings. The average molecular weight is 266 g/mol. The summed E-state index contributed by atoms with van der Waals surface area (Å²) in [6.07, 6.45) is 0.417. The van der Waals surface area contributed by atoms with Gasteiger partial charge in [0, 0.05) is 18.6 Å². The molecule has 0 saturated heterocycles. The van der Waals surface area contributed by atoms with E-state index in [4.69, 9.17) is 15.2 Å². The Balaban J connectivity index is 2.93. The molecule has 19 heavy (non-hydrogen) atoms. The van der Waals surface area contributed by atoms with Crippen LogP contribution in [0.25, 0.3) is 0 Å². The Morgan fingerprint density at radius 3 is 2.21 bits per heavy atom. The first-order chi connectivity index (χ1) is 8.76. The molecular weight excluding hydrogens is 244 g/mol. The Morgan fingerprint density at radius 2 is 1.74 bits per heavy atom. The minimum Gasteiger partial charge on any atom is -0.493 e. The van der Waals surface area contributed by atoms with Crippen LogP contribution in [0.5, 0.6) is 11.5 Å². The molecule has 106 valence electrons. The Kier molecular flexibility index (Phi) is 4.64. The molecule has 0 saturated carbocycles. The molecule has 3 N–H and O–H groups in total. The van der Waals surface area contributed by atoms with E-state index >= 15 is 0 Å². The third kappa shape index (κ3) is 4.35. The zero-order chi connectivity index (χ0) is 14.6. The molecule has 5 nitrogen and oxygen atoms in total. The summed E-state index contributed by atoms with van der Waals surface area (Å²) in [5.41, 5.74) is 6.79. The van der Waals surface area contributed by atoms with Crippen LogP contribution in [0.3, 0.4) is 0 Å². The van der Waals surface area contributed by atoms with Crippen molar-refractivity contribution >= 4 is 17.3 Å². The summed E-state index contributed by atoms with van der Waals surface area (Å²) in [5.74, 6) is 0.989. The van der Waals surface area contributed by atoms with Gasteiger partial charge >= 0.3 is 0 Å². The van der Waals surface area contributed by atoms with Crippen molar-refractivity contribution in [3.63, 3.8) is 0 Å². The van der Waals surface area contributed by atoms with Gasteiger partial charge in [0.05, 0.1) is 25.6 Å². The van der Waals surface area contributed by atoms with Gasteiger partial charge in [-0.05, 0) is 5.41 Å². The zero-order valence-electron chi connectivity index (χ0n) is 12.2. The maximum absolute atomic E-state index is 11.9. The molecule has 0 atom stereocenters. The molecule has 1 rings (SSSR count). The monoisotopic (exact) mass is 266 g/mol. The van der Waals surface area contributed by atoms with E-state index in [1.165, 1.54) is 14.2 Å². The number of rotatable bonds is 4. The summed E-state index contributed by atoms with van der Waals surface area (Å²) in [7, 11) is 3.07. The van der Waals surface area contributed by atoms with E-state index < -0.39 is 0 Å². The smallest absolute Gasteiger partial charge is 0.224 e. The third-order valence-corrected chi connectivity index (χ3v) is 2.52. The number of nitrogen functional groups attached to an aromatic ring is 1. The lowest BCUT2D eigenvalue weighted by Gasteiger charge is -2.18. The third-order valence-electron chi connectivity index (χ3n) is 2.52.